The molecule has 1 aromatic rings. The lowest BCUT2D eigenvalue weighted by molar-refractivity contribution is 0.247. The number of nitrogens with one attached hydrogen (secondary N) is 1. The Morgan fingerprint density at radius 3 is 2.63 bits per heavy atom. The topological polar surface area (TPSA) is 64.0 Å². The first-order valence-corrected chi connectivity index (χ1v) is 8.47. The van der Waals surface area contributed by atoms with Gasteiger partial charge in [0.25, 0.3) is 0 Å². The van der Waals surface area contributed by atoms with Gasteiger partial charge in [0.2, 0.25) is 10.0 Å². The van der Waals surface area contributed by atoms with Crippen LogP contribution in [0.25, 0.3) is 0 Å². The van der Waals surface area contributed by atoms with Crippen molar-refractivity contribution >= 4 is 21.6 Å². The third kappa shape index (κ3) is 3.30. The molecule has 1 heterocycles. The highest BCUT2D eigenvalue weighted by atomic mass is 35.5. The molecule has 1 fully saturated rings. The van der Waals surface area contributed by atoms with Crippen molar-refractivity contribution in [3.05, 3.63) is 12.4 Å². The van der Waals surface area contributed by atoms with Gasteiger partial charge in [-0.1, -0.05) is 6.92 Å². The van der Waals surface area contributed by atoms with Gasteiger partial charge in [-0.2, -0.15) is 5.10 Å². The molecule has 0 radical (unpaired) electrons. The van der Waals surface area contributed by atoms with Crippen LogP contribution in [-0.4, -0.2) is 29.6 Å². The highest BCUT2D eigenvalue weighted by Crippen LogP contribution is 2.34. The van der Waals surface area contributed by atoms with E-state index < -0.39 is 15.6 Å². The van der Waals surface area contributed by atoms with Crippen molar-refractivity contribution in [3.8, 4) is 0 Å². The van der Waals surface area contributed by atoms with E-state index in [1.807, 2.05) is 0 Å². The van der Waals surface area contributed by atoms with E-state index in [0.717, 1.165) is 25.7 Å². The molecule has 19 heavy (non-hydrogen) atoms. The molecule has 108 valence electrons. The number of hydrogen-bond donors (Lipinski definition) is 1. The zero-order valence-electron chi connectivity index (χ0n) is 11.3. The summed E-state index contributed by atoms with van der Waals surface area (Å²) < 4.78 is 28.9. The SMILES string of the molecule is CC1CCC(CCl)(NS(=O)(=O)c2cnn(C)c2)CC1. The van der Waals surface area contributed by atoms with Crippen molar-refractivity contribution in [2.24, 2.45) is 13.0 Å². The molecule has 1 aliphatic carbocycles. The molecule has 1 saturated carbocycles. The first-order valence-electron chi connectivity index (χ1n) is 6.45. The van der Waals surface area contributed by atoms with Crippen LogP contribution in [0.1, 0.15) is 32.6 Å². The molecule has 0 saturated heterocycles. The Morgan fingerprint density at radius 2 is 2.16 bits per heavy atom. The lowest BCUT2D eigenvalue weighted by Gasteiger charge is -2.38. The van der Waals surface area contributed by atoms with Gasteiger partial charge in [0, 0.05) is 24.7 Å². The van der Waals surface area contributed by atoms with Gasteiger partial charge in [-0.05, 0) is 31.6 Å². The predicted molar refractivity (Wildman–Crippen MR) is 74.6 cm³/mol. The number of nitrogens with zero attached hydrogens (tertiary/aromatic N) is 2. The lowest BCUT2D eigenvalue weighted by Crippen LogP contribution is -2.51. The first-order chi connectivity index (χ1) is 8.87. The van der Waals surface area contributed by atoms with E-state index in [4.69, 9.17) is 11.6 Å². The highest BCUT2D eigenvalue weighted by molar-refractivity contribution is 7.89. The molecule has 1 N–H and O–H groups in total. The highest BCUT2D eigenvalue weighted by Gasteiger charge is 2.37. The summed E-state index contributed by atoms with van der Waals surface area (Å²) in [6.45, 7) is 2.19. The zero-order valence-corrected chi connectivity index (χ0v) is 12.8. The molecular formula is C12H20ClN3O2S. The van der Waals surface area contributed by atoms with E-state index >= 15 is 0 Å². The van der Waals surface area contributed by atoms with Crippen LogP contribution in [0.5, 0.6) is 0 Å². The second-order valence-electron chi connectivity index (χ2n) is 5.55. The minimum absolute atomic E-state index is 0.193. The molecule has 0 unspecified atom stereocenters. The fourth-order valence-electron chi connectivity index (χ4n) is 2.46. The second-order valence-corrected chi connectivity index (χ2v) is 7.50. The lowest BCUT2D eigenvalue weighted by atomic mass is 9.79. The van der Waals surface area contributed by atoms with E-state index in [0.29, 0.717) is 11.8 Å². The Labute approximate surface area is 119 Å². The Morgan fingerprint density at radius 1 is 1.53 bits per heavy atom. The average Bonchev–Trinajstić information content (AvgIpc) is 2.80. The van der Waals surface area contributed by atoms with Gasteiger partial charge < -0.3 is 0 Å². The minimum Gasteiger partial charge on any atom is -0.274 e. The summed E-state index contributed by atoms with van der Waals surface area (Å²) in [6, 6.07) is 0. The van der Waals surface area contributed by atoms with Crippen LogP contribution in [-0.2, 0) is 17.1 Å². The van der Waals surface area contributed by atoms with Crippen molar-refractivity contribution in [2.75, 3.05) is 5.88 Å². The number of halogens is 1. The molecule has 7 heteroatoms. The van der Waals surface area contributed by atoms with Crippen LogP contribution in [0, 0.1) is 5.92 Å². The van der Waals surface area contributed by atoms with Gasteiger partial charge in [-0.15, -0.1) is 11.6 Å². The van der Waals surface area contributed by atoms with Gasteiger partial charge in [0.1, 0.15) is 4.90 Å². The van der Waals surface area contributed by atoms with Gasteiger partial charge >= 0.3 is 0 Å². The summed E-state index contributed by atoms with van der Waals surface area (Å²) >= 11 is 6.04. The molecule has 0 amide bonds. The number of aromatic nitrogens is 2. The van der Waals surface area contributed by atoms with Gasteiger partial charge in [-0.3, -0.25) is 4.68 Å². The van der Waals surface area contributed by atoms with E-state index in [9.17, 15) is 8.42 Å². The summed E-state index contributed by atoms with van der Waals surface area (Å²) in [6.07, 6.45) is 6.43. The molecule has 0 aliphatic heterocycles. The summed E-state index contributed by atoms with van der Waals surface area (Å²) in [5.74, 6) is 0.943. The van der Waals surface area contributed by atoms with E-state index in [2.05, 4.69) is 16.7 Å². The van der Waals surface area contributed by atoms with Crippen LogP contribution in [0.3, 0.4) is 0 Å². The number of sulfonamides is 1. The second kappa shape index (κ2) is 5.42. The smallest absolute Gasteiger partial charge is 0.244 e. The molecule has 0 spiro atoms. The normalized spacial score (nSPS) is 28.5. The molecule has 2 rings (SSSR count). The summed E-state index contributed by atoms with van der Waals surface area (Å²) in [5.41, 5.74) is -0.511. The first kappa shape index (κ1) is 14.8. The molecule has 1 aliphatic rings. The molecule has 0 atom stereocenters. The molecule has 5 nitrogen and oxygen atoms in total. The fraction of sp³-hybridized carbons (Fsp3) is 0.750. The van der Waals surface area contributed by atoms with E-state index in [1.54, 1.807) is 7.05 Å². The van der Waals surface area contributed by atoms with Crippen LogP contribution in [0.2, 0.25) is 0 Å². The van der Waals surface area contributed by atoms with Crippen molar-refractivity contribution in [1.82, 2.24) is 14.5 Å². The Bertz CT molecular complexity index is 533. The third-order valence-electron chi connectivity index (χ3n) is 3.83. The largest absolute Gasteiger partial charge is 0.274 e. The average molecular weight is 306 g/mol. The number of hydrogen-bond acceptors (Lipinski definition) is 3. The van der Waals surface area contributed by atoms with Gasteiger partial charge in [0.05, 0.1) is 6.20 Å². The van der Waals surface area contributed by atoms with E-state index in [-0.39, 0.29) is 4.90 Å². The van der Waals surface area contributed by atoms with Crippen molar-refractivity contribution < 1.29 is 8.42 Å². The molecular weight excluding hydrogens is 286 g/mol. The zero-order chi connectivity index (χ0) is 14.1. The molecule has 0 aromatic carbocycles. The quantitative estimate of drug-likeness (QED) is 0.864. The maximum Gasteiger partial charge on any atom is 0.244 e. The van der Waals surface area contributed by atoms with Crippen LogP contribution in [0.15, 0.2) is 17.3 Å². The predicted octanol–water partition coefficient (Wildman–Crippen LogP) is 1.89. The summed E-state index contributed by atoms with van der Waals surface area (Å²) in [4.78, 5) is 0.193. The fourth-order valence-corrected chi connectivity index (χ4v) is 4.31. The molecule has 0 bridgehead atoms. The van der Waals surface area contributed by atoms with Crippen molar-refractivity contribution in [3.63, 3.8) is 0 Å². The third-order valence-corrected chi connectivity index (χ3v) is 5.87. The monoisotopic (exact) mass is 305 g/mol. The number of rotatable bonds is 4. The van der Waals surface area contributed by atoms with Crippen LogP contribution >= 0.6 is 11.6 Å². The van der Waals surface area contributed by atoms with Gasteiger partial charge in [0.15, 0.2) is 0 Å². The van der Waals surface area contributed by atoms with Crippen molar-refractivity contribution in [1.29, 1.82) is 0 Å². The van der Waals surface area contributed by atoms with E-state index in [1.165, 1.54) is 17.1 Å². The van der Waals surface area contributed by atoms with Crippen LogP contribution in [0.4, 0.5) is 0 Å². The molecule has 1 aromatic heterocycles. The minimum atomic E-state index is -3.54. The maximum absolute atomic E-state index is 12.3. The maximum atomic E-state index is 12.3. The Balaban J connectivity index is 2.18. The number of alkyl halides is 1. The Kier molecular flexibility index (Phi) is 4.23. The van der Waals surface area contributed by atoms with Crippen LogP contribution < -0.4 is 4.72 Å². The summed E-state index contributed by atoms with van der Waals surface area (Å²) in [5, 5.41) is 3.90. The summed E-state index contributed by atoms with van der Waals surface area (Å²) in [7, 11) is -1.85. The Hall–Kier alpha value is -0.590. The van der Waals surface area contributed by atoms with Crippen molar-refractivity contribution in [2.45, 2.75) is 43.0 Å². The number of aryl methyl sites for hydroxylation is 1. The van der Waals surface area contributed by atoms with Gasteiger partial charge in [-0.25, -0.2) is 13.1 Å². The standard InChI is InChI=1S/C12H20ClN3O2S/c1-10-3-5-12(9-13,6-4-10)15-19(17,18)11-7-14-16(2)8-11/h7-8,10,15H,3-6,9H2,1-2H3.